The van der Waals surface area contributed by atoms with Crippen LogP contribution in [-0.4, -0.2) is 6.54 Å². The van der Waals surface area contributed by atoms with Gasteiger partial charge in [0.15, 0.2) is 0 Å². The maximum absolute atomic E-state index is 13.1. The zero-order valence-corrected chi connectivity index (χ0v) is 12.3. The minimum Gasteiger partial charge on any atom is -0.466 e. The molecule has 2 rings (SSSR count). The third-order valence-electron chi connectivity index (χ3n) is 2.89. The summed E-state index contributed by atoms with van der Waals surface area (Å²) in [6, 6.07) is 6.53. The van der Waals surface area contributed by atoms with Gasteiger partial charge < -0.3 is 9.73 Å². The molecule has 6 heteroatoms. The number of rotatable bonds is 4. The lowest BCUT2D eigenvalue weighted by Gasteiger charge is -2.21. The van der Waals surface area contributed by atoms with E-state index in [1.165, 1.54) is 18.4 Å². The highest BCUT2D eigenvalue weighted by Crippen LogP contribution is 2.38. The second-order valence-electron chi connectivity index (χ2n) is 4.21. The first-order valence-corrected chi connectivity index (χ1v) is 6.86. The fourth-order valence-electron chi connectivity index (χ4n) is 2.07. The molecule has 20 heavy (non-hydrogen) atoms. The van der Waals surface area contributed by atoms with E-state index in [-0.39, 0.29) is 5.56 Å². The average Bonchev–Trinajstić information content (AvgIpc) is 2.81. The molecule has 0 fully saturated rings. The predicted octanol–water partition coefficient (Wildman–Crippen LogP) is 4.76. The molecular weight excluding hydrogens is 335 g/mol. The highest BCUT2D eigenvalue weighted by atomic mass is 79.9. The lowest BCUT2D eigenvalue weighted by Crippen LogP contribution is -2.25. The molecule has 0 bridgehead atoms. The molecule has 1 unspecified atom stereocenters. The summed E-state index contributed by atoms with van der Waals surface area (Å²) in [6.07, 6.45) is -2.96. The van der Waals surface area contributed by atoms with Gasteiger partial charge in [-0.2, -0.15) is 13.2 Å². The Labute approximate surface area is 123 Å². The Morgan fingerprint density at radius 3 is 2.50 bits per heavy atom. The minimum absolute atomic E-state index is 0.150. The summed E-state index contributed by atoms with van der Waals surface area (Å²) >= 11 is 3.29. The molecule has 0 saturated carbocycles. The number of hydrogen-bond acceptors (Lipinski definition) is 2. The van der Waals surface area contributed by atoms with Crippen LogP contribution in [-0.2, 0) is 6.18 Å². The molecule has 2 aromatic rings. The van der Waals surface area contributed by atoms with E-state index in [1.54, 1.807) is 12.1 Å². The summed E-state index contributed by atoms with van der Waals surface area (Å²) in [5.41, 5.74) is -0.508. The van der Waals surface area contributed by atoms with Crippen molar-refractivity contribution in [2.24, 2.45) is 0 Å². The third-order valence-corrected chi connectivity index (χ3v) is 3.55. The highest BCUT2D eigenvalue weighted by molar-refractivity contribution is 9.10. The van der Waals surface area contributed by atoms with Crippen LogP contribution in [0.25, 0.3) is 0 Å². The molecule has 1 heterocycles. The van der Waals surface area contributed by atoms with E-state index in [2.05, 4.69) is 21.2 Å². The fourth-order valence-corrected chi connectivity index (χ4v) is 2.50. The molecule has 0 aliphatic rings. The Bertz CT molecular complexity index is 580. The molecule has 108 valence electrons. The van der Waals surface area contributed by atoms with Crippen molar-refractivity contribution in [2.45, 2.75) is 19.1 Å². The van der Waals surface area contributed by atoms with E-state index in [9.17, 15) is 13.2 Å². The first-order valence-electron chi connectivity index (χ1n) is 6.07. The van der Waals surface area contributed by atoms with Crippen molar-refractivity contribution in [2.75, 3.05) is 6.54 Å². The average molecular weight is 348 g/mol. The molecule has 0 amide bonds. The van der Waals surface area contributed by atoms with Crippen LogP contribution in [0.3, 0.4) is 0 Å². The summed E-state index contributed by atoms with van der Waals surface area (Å²) in [4.78, 5) is 0. The van der Waals surface area contributed by atoms with Gasteiger partial charge in [0.05, 0.1) is 22.3 Å². The Morgan fingerprint density at radius 2 is 1.95 bits per heavy atom. The molecule has 1 atom stereocenters. The predicted molar refractivity (Wildman–Crippen MR) is 73.4 cm³/mol. The van der Waals surface area contributed by atoms with E-state index in [0.29, 0.717) is 16.8 Å². The smallest absolute Gasteiger partial charge is 0.416 e. The monoisotopic (exact) mass is 347 g/mol. The van der Waals surface area contributed by atoms with Crippen molar-refractivity contribution >= 4 is 15.9 Å². The van der Waals surface area contributed by atoms with E-state index in [1.807, 2.05) is 6.92 Å². The maximum Gasteiger partial charge on any atom is 0.416 e. The Kier molecular flexibility index (Phi) is 4.55. The topological polar surface area (TPSA) is 25.2 Å². The lowest BCUT2D eigenvalue weighted by atomic mass is 9.98. The van der Waals surface area contributed by atoms with Crippen molar-refractivity contribution in [3.8, 4) is 0 Å². The summed E-state index contributed by atoms with van der Waals surface area (Å²) in [6.45, 7) is 2.35. The van der Waals surface area contributed by atoms with Gasteiger partial charge in [-0.1, -0.05) is 25.1 Å². The van der Waals surface area contributed by atoms with Crippen molar-refractivity contribution < 1.29 is 17.6 Å². The lowest BCUT2D eigenvalue weighted by molar-refractivity contribution is -0.138. The SMILES string of the molecule is CCNC(c1ccccc1C(F)(F)F)c1occc1Br. The van der Waals surface area contributed by atoms with Gasteiger partial charge in [0.2, 0.25) is 0 Å². The number of nitrogens with one attached hydrogen (secondary N) is 1. The van der Waals surface area contributed by atoms with Crippen molar-refractivity contribution in [1.29, 1.82) is 0 Å². The molecule has 1 aromatic carbocycles. The van der Waals surface area contributed by atoms with Gasteiger partial charge in [-0.15, -0.1) is 0 Å². The number of halogens is 4. The normalized spacial score (nSPS) is 13.4. The molecule has 0 aliphatic carbocycles. The van der Waals surface area contributed by atoms with Gasteiger partial charge in [0.1, 0.15) is 5.76 Å². The third kappa shape index (κ3) is 3.07. The van der Waals surface area contributed by atoms with E-state index in [0.717, 1.165) is 6.07 Å². The molecular formula is C14H13BrF3NO. The van der Waals surface area contributed by atoms with Crippen LogP contribution in [0.15, 0.2) is 45.5 Å². The van der Waals surface area contributed by atoms with E-state index >= 15 is 0 Å². The number of furan rings is 1. The van der Waals surface area contributed by atoms with Crippen LogP contribution in [0, 0.1) is 0 Å². The number of hydrogen-bond donors (Lipinski definition) is 1. The van der Waals surface area contributed by atoms with Crippen LogP contribution in [0.2, 0.25) is 0 Å². The van der Waals surface area contributed by atoms with Crippen molar-refractivity contribution in [3.63, 3.8) is 0 Å². The molecule has 0 aliphatic heterocycles. The zero-order chi connectivity index (χ0) is 14.8. The molecule has 0 spiro atoms. The second-order valence-corrected chi connectivity index (χ2v) is 5.06. The van der Waals surface area contributed by atoms with Gasteiger partial charge in [-0.3, -0.25) is 0 Å². The van der Waals surface area contributed by atoms with E-state index in [4.69, 9.17) is 4.42 Å². The number of alkyl halides is 3. The van der Waals surface area contributed by atoms with Gasteiger partial charge in [-0.05, 0) is 40.2 Å². The van der Waals surface area contributed by atoms with Crippen molar-refractivity contribution in [3.05, 3.63) is 58.0 Å². The Balaban J connectivity index is 2.54. The molecule has 2 nitrogen and oxygen atoms in total. The Morgan fingerprint density at radius 1 is 1.25 bits per heavy atom. The van der Waals surface area contributed by atoms with Crippen LogP contribution in [0.5, 0.6) is 0 Å². The molecule has 0 radical (unpaired) electrons. The second kappa shape index (κ2) is 6.01. The van der Waals surface area contributed by atoms with Crippen molar-refractivity contribution in [1.82, 2.24) is 5.32 Å². The van der Waals surface area contributed by atoms with Gasteiger partial charge in [-0.25, -0.2) is 0 Å². The van der Waals surface area contributed by atoms with Gasteiger partial charge in [0.25, 0.3) is 0 Å². The molecule has 0 saturated heterocycles. The first-order chi connectivity index (χ1) is 9.45. The maximum atomic E-state index is 13.1. The van der Waals surface area contributed by atoms with E-state index < -0.39 is 17.8 Å². The standard InChI is InChI=1S/C14H13BrF3NO/c1-2-19-12(13-11(15)7-8-20-13)9-5-3-4-6-10(9)14(16,17)18/h3-8,12,19H,2H2,1H3. The van der Waals surface area contributed by atoms with Crippen LogP contribution in [0.1, 0.15) is 29.9 Å². The molecule has 1 N–H and O–H groups in total. The summed E-state index contributed by atoms with van der Waals surface area (Å²) in [5, 5.41) is 3.03. The number of benzene rings is 1. The minimum atomic E-state index is -4.40. The van der Waals surface area contributed by atoms with Crippen LogP contribution >= 0.6 is 15.9 Å². The fraction of sp³-hybridized carbons (Fsp3) is 0.286. The molecule has 1 aromatic heterocycles. The van der Waals surface area contributed by atoms with Gasteiger partial charge in [0, 0.05) is 0 Å². The first kappa shape index (κ1) is 15.1. The summed E-state index contributed by atoms with van der Waals surface area (Å²) < 4.78 is 45.3. The summed E-state index contributed by atoms with van der Waals surface area (Å²) in [5.74, 6) is 0.434. The summed E-state index contributed by atoms with van der Waals surface area (Å²) in [7, 11) is 0. The quantitative estimate of drug-likeness (QED) is 0.862. The Hall–Kier alpha value is -1.27. The van der Waals surface area contributed by atoms with Crippen LogP contribution in [0.4, 0.5) is 13.2 Å². The zero-order valence-electron chi connectivity index (χ0n) is 10.7. The highest BCUT2D eigenvalue weighted by Gasteiger charge is 2.36. The largest absolute Gasteiger partial charge is 0.466 e. The van der Waals surface area contributed by atoms with Gasteiger partial charge >= 0.3 is 6.18 Å². The van der Waals surface area contributed by atoms with Crippen LogP contribution < -0.4 is 5.32 Å².